The molecule has 0 aliphatic rings. The Hall–Kier alpha value is -1.40. The third-order valence-electron chi connectivity index (χ3n) is 2.74. The number of nitrogen functional groups attached to an aromatic ring is 1. The van der Waals surface area contributed by atoms with Gasteiger partial charge in [0, 0.05) is 0 Å². The summed E-state index contributed by atoms with van der Waals surface area (Å²) in [6, 6.07) is 7.60. The lowest BCUT2D eigenvalue weighted by atomic mass is 9.89. The van der Waals surface area contributed by atoms with Gasteiger partial charge in [-0.05, 0) is 45.2 Å². The lowest BCUT2D eigenvalue weighted by Crippen LogP contribution is -2.08. The fourth-order valence-electron chi connectivity index (χ4n) is 1.58. The normalized spacial score (nSPS) is 11.0. The quantitative estimate of drug-likeness (QED) is 0.625. The van der Waals surface area contributed by atoms with Gasteiger partial charge in [0.25, 0.3) is 0 Å². The number of nitrogens with zero attached hydrogens (tertiary/aromatic N) is 1. The number of ether oxygens (including phenoxy) is 1. The Kier molecular flexibility index (Phi) is 5.30. The number of para-hydroxylation sites is 1. The van der Waals surface area contributed by atoms with Crippen molar-refractivity contribution in [3.8, 4) is 11.8 Å². The van der Waals surface area contributed by atoms with Crippen molar-refractivity contribution in [2.45, 2.75) is 33.1 Å². The van der Waals surface area contributed by atoms with E-state index in [2.05, 4.69) is 6.07 Å². The van der Waals surface area contributed by atoms with Gasteiger partial charge in [0.15, 0.2) is 5.75 Å². The second kappa shape index (κ2) is 6.51. The summed E-state index contributed by atoms with van der Waals surface area (Å²) in [5, 5.41) is 9.42. The molecule has 3 nitrogen and oxygen atoms in total. The highest BCUT2D eigenvalue weighted by Crippen LogP contribution is 2.30. The zero-order valence-corrected chi connectivity index (χ0v) is 11.6. The van der Waals surface area contributed by atoms with Crippen LogP contribution in [0.5, 0.6) is 5.75 Å². The lowest BCUT2D eigenvalue weighted by molar-refractivity contribution is 0.296. The lowest BCUT2D eigenvalue weighted by Gasteiger charge is -2.15. The van der Waals surface area contributed by atoms with Crippen LogP contribution in [0.1, 0.15) is 33.1 Å². The number of rotatable bonds is 6. The Labute approximate surface area is 114 Å². The molecular formula is C14H19ClN2O. The van der Waals surface area contributed by atoms with Gasteiger partial charge in [0.2, 0.25) is 0 Å². The van der Waals surface area contributed by atoms with Crippen molar-refractivity contribution in [3.05, 3.63) is 23.2 Å². The number of benzene rings is 1. The third-order valence-corrected chi connectivity index (χ3v) is 3.04. The predicted octanol–water partition coefficient (Wildman–Crippen LogP) is 4.02. The zero-order chi connectivity index (χ0) is 13.6. The molecule has 0 aliphatic carbocycles. The molecule has 0 saturated carbocycles. The van der Waals surface area contributed by atoms with Crippen LogP contribution in [-0.2, 0) is 0 Å². The molecule has 0 amide bonds. The average Bonchev–Trinajstić information content (AvgIpc) is 2.32. The minimum absolute atomic E-state index is 0.260. The van der Waals surface area contributed by atoms with Crippen molar-refractivity contribution in [2.24, 2.45) is 5.41 Å². The summed E-state index contributed by atoms with van der Waals surface area (Å²) in [6.45, 7) is 4.45. The summed E-state index contributed by atoms with van der Waals surface area (Å²) >= 11 is 5.99. The van der Waals surface area contributed by atoms with Crippen LogP contribution in [0, 0.1) is 16.7 Å². The van der Waals surface area contributed by atoms with Crippen LogP contribution in [-0.4, -0.2) is 6.61 Å². The molecule has 1 aromatic carbocycles. The van der Waals surface area contributed by atoms with E-state index in [0.29, 0.717) is 23.1 Å². The molecule has 1 aromatic rings. The van der Waals surface area contributed by atoms with Gasteiger partial charge >= 0.3 is 0 Å². The average molecular weight is 267 g/mol. The van der Waals surface area contributed by atoms with Gasteiger partial charge in [-0.1, -0.05) is 17.7 Å². The molecule has 4 heteroatoms. The Morgan fingerprint density at radius 1 is 1.39 bits per heavy atom. The molecule has 0 unspecified atom stereocenters. The first-order valence-electron chi connectivity index (χ1n) is 6.04. The number of nitriles is 1. The van der Waals surface area contributed by atoms with Crippen molar-refractivity contribution < 1.29 is 4.74 Å². The molecule has 0 atom stereocenters. The molecular weight excluding hydrogens is 248 g/mol. The molecule has 0 spiro atoms. The number of hydrogen-bond acceptors (Lipinski definition) is 3. The first kappa shape index (κ1) is 14.7. The molecule has 0 aliphatic heterocycles. The smallest absolute Gasteiger partial charge is 0.160 e. The molecule has 0 bridgehead atoms. The van der Waals surface area contributed by atoms with Gasteiger partial charge in [-0.25, -0.2) is 0 Å². The fraction of sp³-hybridized carbons (Fsp3) is 0.500. The summed E-state index contributed by atoms with van der Waals surface area (Å²) in [5.41, 5.74) is 6.07. The van der Waals surface area contributed by atoms with Crippen LogP contribution >= 0.6 is 11.6 Å². The van der Waals surface area contributed by atoms with E-state index in [1.54, 1.807) is 18.2 Å². The standard InChI is InChI=1S/C14H19ClN2O/c1-14(2,10-16)8-3-4-9-18-13-11(15)6-5-7-12(13)17/h5-7H,3-4,8-9,17H2,1-2H3. The highest BCUT2D eigenvalue weighted by Gasteiger charge is 2.15. The monoisotopic (exact) mass is 266 g/mol. The van der Waals surface area contributed by atoms with Crippen LogP contribution in [0.2, 0.25) is 5.02 Å². The Bertz CT molecular complexity index is 418. The van der Waals surface area contributed by atoms with Crippen LogP contribution in [0.25, 0.3) is 0 Å². The molecule has 0 heterocycles. The van der Waals surface area contributed by atoms with Crippen LogP contribution in [0.3, 0.4) is 0 Å². The van der Waals surface area contributed by atoms with E-state index >= 15 is 0 Å². The maximum atomic E-state index is 8.89. The van der Waals surface area contributed by atoms with Crippen LogP contribution < -0.4 is 10.5 Å². The van der Waals surface area contributed by atoms with Gasteiger partial charge in [-0.2, -0.15) is 5.26 Å². The minimum atomic E-state index is -0.260. The molecule has 98 valence electrons. The summed E-state index contributed by atoms with van der Waals surface area (Å²) in [6.07, 6.45) is 2.70. The van der Waals surface area contributed by atoms with Gasteiger partial charge in [0.1, 0.15) is 0 Å². The van der Waals surface area contributed by atoms with Crippen molar-refractivity contribution in [1.29, 1.82) is 5.26 Å². The first-order valence-corrected chi connectivity index (χ1v) is 6.42. The number of unbranched alkanes of at least 4 members (excludes halogenated alkanes) is 1. The Balaban J connectivity index is 2.33. The number of anilines is 1. The zero-order valence-electron chi connectivity index (χ0n) is 10.9. The number of nitrogens with two attached hydrogens (primary N) is 1. The van der Waals surface area contributed by atoms with Gasteiger partial charge in [-0.3, -0.25) is 0 Å². The number of halogens is 1. The van der Waals surface area contributed by atoms with E-state index in [4.69, 9.17) is 27.3 Å². The second-order valence-corrected chi connectivity index (χ2v) is 5.37. The van der Waals surface area contributed by atoms with Crippen molar-refractivity contribution in [1.82, 2.24) is 0 Å². The van der Waals surface area contributed by atoms with Gasteiger partial charge in [-0.15, -0.1) is 0 Å². The van der Waals surface area contributed by atoms with Gasteiger partial charge < -0.3 is 10.5 Å². The van der Waals surface area contributed by atoms with Crippen molar-refractivity contribution in [2.75, 3.05) is 12.3 Å². The van der Waals surface area contributed by atoms with Crippen molar-refractivity contribution >= 4 is 17.3 Å². The van der Waals surface area contributed by atoms with E-state index in [1.165, 1.54) is 0 Å². The molecule has 18 heavy (non-hydrogen) atoms. The van der Waals surface area contributed by atoms with E-state index in [-0.39, 0.29) is 5.41 Å². The van der Waals surface area contributed by atoms with Crippen LogP contribution in [0.4, 0.5) is 5.69 Å². The minimum Gasteiger partial charge on any atom is -0.490 e. The molecule has 0 radical (unpaired) electrons. The summed E-state index contributed by atoms with van der Waals surface area (Å²) in [4.78, 5) is 0. The molecule has 2 N–H and O–H groups in total. The third kappa shape index (κ3) is 4.46. The summed E-state index contributed by atoms with van der Waals surface area (Å²) in [7, 11) is 0. The first-order chi connectivity index (χ1) is 8.46. The number of hydrogen-bond donors (Lipinski definition) is 1. The van der Waals surface area contributed by atoms with E-state index in [1.807, 2.05) is 13.8 Å². The fourth-order valence-corrected chi connectivity index (χ4v) is 1.81. The van der Waals surface area contributed by atoms with E-state index < -0.39 is 0 Å². The largest absolute Gasteiger partial charge is 0.490 e. The molecule has 0 aromatic heterocycles. The predicted molar refractivity (Wildman–Crippen MR) is 74.6 cm³/mol. The topological polar surface area (TPSA) is 59.0 Å². The molecule has 1 rings (SSSR count). The highest BCUT2D eigenvalue weighted by atomic mass is 35.5. The van der Waals surface area contributed by atoms with Gasteiger partial charge in [0.05, 0.1) is 28.8 Å². The molecule has 0 saturated heterocycles. The maximum absolute atomic E-state index is 8.89. The Morgan fingerprint density at radius 2 is 2.11 bits per heavy atom. The summed E-state index contributed by atoms with van der Waals surface area (Å²) < 4.78 is 5.58. The van der Waals surface area contributed by atoms with E-state index in [9.17, 15) is 0 Å². The Morgan fingerprint density at radius 3 is 2.72 bits per heavy atom. The maximum Gasteiger partial charge on any atom is 0.160 e. The highest BCUT2D eigenvalue weighted by molar-refractivity contribution is 6.32. The SMILES string of the molecule is CC(C)(C#N)CCCCOc1c(N)cccc1Cl. The second-order valence-electron chi connectivity index (χ2n) is 4.96. The van der Waals surface area contributed by atoms with Crippen LogP contribution in [0.15, 0.2) is 18.2 Å². The summed E-state index contributed by atoms with van der Waals surface area (Å²) in [5.74, 6) is 0.554. The molecule has 0 fully saturated rings. The van der Waals surface area contributed by atoms with E-state index in [0.717, 1.165) is 19.3 Å². The van der Waals surface area contributed by atoms with Crippen molar-refractivity contribution in [3.63, 3.8) is 0 Å².